The maximum atomic E-state index is 12.3. The van der Waals surface area contributed by atoms with Gasteiger partial charge in [-0.05, 0) is 48.0 Å². The fraction of sp³-hybridized carbons (Fsp3) is 0.294. The average Bonchev–Trinajstić information content (AvgIpc) is 3.16. The van der Waals surface area contributed by atoms with Gasteiger partial charge >= 0.3 is 6.03 Å². The lowest BCUT2D eigenvalue weighted by Gasteiger charge is -2.14. The van der Waals surface area contributed by atoms with E-state index in [-0.39, 0.29) is 6.03 Å². The van der Waals surface area contributed by atoms with E-state index in [1.54, 1.807) is 0 Å². The molecule has 2 amide bonds. The van der Waals surface area contributed by atoms with Crippen LogP contribution in [0.4, 0.5) is 16.4 Å². The van der Waals surface area contributed by atoms with Crippen molar-refractivity contribution in [2.75, 3.05) is 24.3 Å². The Kier molecular flexibility index (Phi) is 5.25. The van der Waals surface area contributed by atoms with Crippen LogP contribution >= 0.6 is 0 Å². The van der Waals surface area contributed by atoms with Gasteiger partial charge in [0.1, 0.15) is 6.33 Å². The van der Waals surface area contributed by atoms with Gasteiger partial charge in [-0.2, -0.15) is 0 Å². The van der Waals surface area contributed by atoms with Crippen LogP contribution in [0.3, 0.4) is 0 Å². The molecule has 0 unspecified atom stereocenters. The highest BCUT2D eigenvalue weighted by atomic mass is 16.2. The monoisotopic (exact) mass is 367 g/mol. The fourth-order valence-electron chi connectivity index (χ4n) is 2.41. The highest BCUT2D eigenvalue weighted by molar-refractivity contribution is 5.90. The van der Waals surface area contributed by atoms with Crippen molar-refractivity contribution < 1.29 is 4.79 Å². The lowest BCUT2D eigenvalue weighted by molar-refractivity contribution is 0.251. The van der Waals surface area contributed by atoms with Crippen molar-refractivity contribution in [1.29, 1.82) is 0 Å². The summed E-state index contributed by atoms with van der Waals surface area (Å²) in [5.74, 6) is 0.609. The van der Waals surface area contributed by atoms with E-state index in [1.807, 2.05) is 57.1 Å². The molecule has 3 rings (SSSR count). The van der Waals surface area contributed by atoms with Crippen LogP contribution in [-0.2, 0) is 6.54 Å². The predicted octanol–water partition coefficient (Wildman–Crippen LogP) is 1.46. The first kappa shape index (κ1) is 18.2. The lowest BCUT2D eigenvalue weighted by Crippen LogP contribution is -2.29. The molecule has 0 atom stereocenters. The quantitative estimate of drug-likeness (QED) is 0.701. The number of aromatic nitrogens is 6. The highest BCUT2D eigenvalue weighted by Crippen LogP contribution is 2.18. The minimum absolute atomic E-state index is 0.293. The van der Waals surface area contributed by atoms with Crippen LogP contribution < -0.4 is 15.5 Å². The van der Waals surface area contributed by atoms with Gasteiger partial charge in [0.05, 0.1) is 17.9 Å². The Labute approximate surface area is 156 Å². The number of hydrogen-bond donors (Lipinski definition) is 2. The Balaban J connectivity index is 1.67. The molecule has 0 saturated carbocycles. The summed E-state index contributed by atoms with van der Waals surface area (Å²) in [5.41, 5.74) is 3.93. The number of aryl methyl sites for hydroxylation is 2. The summed E-state index contributed by atoms with van der Waals surface area (Å²) in [4.78, 5) is 22.9. The number of hydrogen-bond acceptors (Lipinski definition) is 7. The molecule has 1 aromatic carbocycles. The van der Waals surface area contributed by atoms with Crippen molar-refractivity contribution >= 4 is 17.7 Å². The number of amides is 2. The zero-order chi connectivity index (χ0) is 19.4. The van der Waals surface area contributed by atoms with Crippen molar-refractivity contribution in [2.24, 2.45) is 0 Å². The van der Waals surface area contributed by atoms with Gasteiger partial charge in [-0.25, -0.2) is 19.4 Å². The average molecular weight is 367 g/mol. The van der Waals surface area contributed by atoms with Gasteiger partial charge in [0.2, 0.25) is 5.95 Å². The number of nitrogens with one attached hydrogen (secondary N) is 2. The molecule has 27 heavy (non-hydrogen) atoms. The second-order valence-electron chi connectivity index (χ2n) is 6.26. The molecule has 0 aliphatic rings. The fourth-order valence-corrected chi connectivity index (χ4v) is 2.41. The van der Waals surface area contributed by atoms with Gasteiger partial charge in [0.15, 0.2) is 0 Å². The topological polar surface area (TPSA) is 114 Å². The first-order valence-corrected chi connectivity index (χ1v) is 8.33. The van der Waals surface area contributed by atoms with E-state index in [4.69, 9.17) is 0 Å². The van der Waals surface area contributed by atoms with Crippen LogP contribution in [0.5, 0.6) is 0 Å². The number of tetrazole rings is 1. The Hall–Kier alpha value is -3.56. The molecule has 0 saturated heterocycles. The molecule has 3 aromatic rings. The summed E-state index contributed by atoms with van der Waals surface area (Å²) in [7, 11) is 3.75. The van der Waals surface area contributed by atoms with Gasteiger partial charge in [-0.15, -0.1) is 5.10 Å². The zero-order valence-corrected chi connectivity index (χ0v) is 15.6. The number of benzene rings is 1. The summed E-state index contributed by atoms with van der Waals surface area (Å²) in [5, 5.41) is 16.8. The van der Waals surface area contributed by atoms with Gasteiger partial charge in [-0.1, -0.05) is 6.07 Å². The molecule has 0 aliphatic heterocycles. The minimum Gasteiger partial charge on any atom is -0.347 e. The van der Waals surface area contributed by atoms with Crippen molar-refractivity contribution in [3.8, 4) is 5.69 Å². The van der Waals surface area contributed by atoms with E-state index in [0.29, 0.717) is 18.2 Å². The number of urea groups is 1. The Bertz CT molecular complexity index is 938. The Morgan fingerprint density at radius 3 is 2.70 bits per heavy atom. The molecule has 0 bridgehead atoms. The van der Waals surface area contributed by atoms with Gasteiger partial charge in [-0.3, -0.25) is 0 Å². The van der Waals surface area contributed by atoms with Crippen LogP contribution in [0.15, 0.2) is 30.6 Å². The van der Waals surface area contributed by atoms with Crippen LogP contribution in [0.25, 0.3) is 5.69 Å². The van der Waals surface area contributed by atoms with Crippen LogP contribution in [0.1, 0.15) is 17.0 Å². The molecule has 2 N–H and O–H groups in total. The van der Waals surface area contributed by atoms with Crippen molar-refractivity contribution in [3.63, 3.8) is 0 Å². The lowest BCUT2D eigenvalue weighted by atomic mass is 10.2. The minimum atomic E-state index is -0.324. The van der Waals surface area contributed by atoms with Gasteiger partial charge < -0.3 is 15.5 Å². The molecule has 10 nitrogen and oxygen atoms in total. The number of rotatable bonds is 5. The number of carbonyl (C=O) groups is 1. The van der Waals surface area contributed by atoms with E-state index in [1.165, 1.54) is 11.0 Å². The van der Waals surface area contributed by atoms with Crippen molar-refractivity contribution in [1.82, 2.24) is 35.5 Å². The van der Waals surface area contributed by atoms with Gasteiger partial charge in [0, 0.05) is 25.5 Å². The van der Waals surface area contributed by atoms with E-state index < -0.39 is 0 Å². The Morgan fingerprint density at radius 2 is 2.00 bits per heavy atom. The van der Waals surface area contributed by atoms with E-state index in [0.717, 1.165) is 22.6 Å². The Morgan fingerprint density at radius 1 is 1.19 bits per heavy atom. The van der Waals surface area contributed by atoms with Gasteiger partial charge in [0.25, 0.3) is 0 Å². The normalized spacial score (nSPS) is 10.5. The summed E-state index contributed by atoms with van der Waals surface area (Å²) < 4.78 is 1.52. The predicted molar refractivity (Wildman–Crippen MR) is 101 cm³/mol. The first-order valence-electron chi connectivity index (χ1n) is 8.33. The number of nitrogens with zero attached hydrogens (tertiary/aromatic N) is 7. The van der Waals surface area contributed by atoms with Crippen LogP contribution in [0.2, 0.25) is 0 Å². The summed E-state index contributed by atoms with van der Waals surface area (Å²) in [6.07, 6.45) is 1.49. The zero-order valence-electron chi connectivity index (χ0n) is 15.6. The molecule has 140 valence electrons. The largest absolute Gasteiger partial charge is 0.347 e. The van der Waals surface area contributed by atoms with Crippen LogP contribution in [-0.4, -0.2) is 50.3 Å². The number of carbonyl (C=O) groups excluding carboxylic acids is 1. The second kappa shape index (κ2) is 7.77. The SMILES string of the molecule is Cc1cc(CNC(=O)Nc2cc(-n3cnnn3)ccc2C)nc(N(C)C)n1. The maximum absolute atomic E-state index is 12.3. The molecular formula is C17H21N9O. The van der Waals surface area contributed by atoms with E-state index >= 15 is 0 Å². The molecule has 2 heterocycles. The first-order chi connectivity index (χ1) is 12.9. The van der Waals surface area contributed by atoms with E-state index in [9.17, 15) is 4.79 Å². The highest BCUT2D eigenvalue weighted by Gasteiger charge is 2.09. The second-order valence-corrected chi connectivity index (χ2v) is 6.26. The summed E-state index contributed by atoms with van der Waals surface area (Å²) in [6.45, 7) is 4.10. The third kappa shape index (κ3) is 4.54. The molecular weight excluding hydrogens is 346 g/mol. The van der Waals surface area contributed by atoms with E-state index in [2.05, 4.69) is 36.1 Å². The maximum Gasteiger partial charge on any atom is 0.319 e. The summed E-state index contributed by atoms with van der Waals surface area (Å²) >= 11 is 0. The third-order valence-corrected chi connectivity index (χ3v) is 3.81. The molecule has 0 aliphatic carbocycles. The smallest absolute Gasteiger partial charge is 0.319 e. The third-order valence-electron chi connectivity index (χ3n) is 3.81. The number of anilines is 2. The summed E-state index contributed by atoms with van der Waals surface area (Å²) in [6, 6.07) is 7.10. The van der Waals surface area contributed by atoms with Crippen molar-refractivity contribution in [3.05, 3.63) is 47.5 Å². The standard InChI is InChI=1S/C17H21N9O/c1-11-5-6-14(26-10-19-23-24-26)8-15(11)22-17(27)18-9-13-7-12(2)20-16(21-13)25(3)4/h5-8,10H,9H2,1-4H3,(H2,18,22,27). The molecule has 0 fully saturated rings. The molecule has 0 spiro atoms. The van der Waals surface area contributed by atoms with Crippen LogP contribution in [0, 0.1) is 13.8 Å². The molecule has 2 aromatic heterocycles. The molecule has 10 heteroatoms. The molecule has 0 radical (unpaired) electrons. The van der Waals surface area contributed by atoms with Crippen molar-refractivity contribution in [2.45, 2.75) is 20.4 Å².